The second-order valence-corrected chi connectivity index (χ2v) is 16.7. The Kier molecular flexibility index (Phi) is 19.6. The van der Waals surface area contributed by atoms with Crippen LogP contribution in [0.15, 0.2) is 94.6 Å². The third-order valence-corrected chi connectivity index (χ3v) is 12.5. The summed E-state index contributed by atoms with van der Waals surface area (Å²) in [6.45, 7) is 13.5. The quantitative estimate of drug-likeness (QED) is 0.0390. The molecule has 0 amide bonds. The van der Waals surface area contributed by atoms with Gasteiger partial charge in [0.1, 0.15) is 29.4 Å². The fourth-order valence-electron chi connectivity index (χ4n) is 7.31. The van der Waals surface area contributed by atoms with Crippen LogP contribution in [-0.4, -0.2) is 119 Å². The van der Waals surface area contributed by atoms with Gasteiger partial charge in [0.15, 0.2) is 0 Å². The number of hydrogen-bond acceptors (Lipinski definition) is 13. The summed E-state index contributed by atoms with van der Waals surface area (Å²) in [7, 11) is 3.22. The van der Waals surface area contributed by atoms with Crippen molar-refractivity contribution in [3.05, 3.63) is 128 Å². The first-order chi connectivity index (χ1) is 30.0. The number of ether oxygens (including phenoxy) is 8. The highest BCUT2D eigenvalue weighted by Gasteiger charge is 2.45. The first kappa shape index (κ1) is 49.0. The van der Waals surface area contributed by atoms with Gasteiger partial charge in [-0.25, -0.2) is 9.46 Å². The van der Waals surface area contributed by atoms with Gasteiger partial charge in [0.25, 0.3) is 14.1 Å². The number of aromatic amines is 1. The fraction of sp³-hybridized carbons (Fsp3) is 0.522. The number of nitrogens with one attached hydrogen (secondary N) is 1. The molecular weight excluding hydrogens is 817 g/mol. The Balaban J connectivity index is 1.44. The topological polar surface area (TPSA) is 150 Å². The van der Waals surface area contributed by atoms with Gasteiger partial charge in [0, 0.05) is 37.4 Å². The predicted molar refractivity (Wildman–Crippen MR) is 237 cm³/mol. The zero-order valence-electron chi connectivity index (χ0n) is 37.3. The maximum atomic E-state index is 13.3. The van der Waals surface area contributed by atoms with Crippen LogP contribution in [0.2, 0.25) is 0 Å². The molecule has 0 radical (unpaired) electrons. The van der Waals surface area contributed by atoms with Crippen LogP contribution in [-0.2, 0) is 43.1 Å². The molecule has 1 aliphatic heterocycles. The second kappa shape index (κ2) is 24.7. The van der Waals surface area contributed by atoms with E-state index in [4.69, 9.17) is 46.9 Å². The van der Waals surface area contributed by atoms with Gasteiger partial charge in [0.05, 0.1) is 79.8 Å². The standard InChI is InChI=1S/C46H64N3O12P/c1-33(2)49(34(3)4)62(59-29-28-57-27-26-56-25-24-55-23-22-52-6)61-41-30-43(48-31-35(5)44(50)47-45(48)51)60-42(41)32-58-46(36-12-10-9-11-13-36,37-14-18-39(53-7)19-15-37)38-16-20-40(54-8)21-17-38/h9-21,31,33-34,41-43H,22-30,32H2,1-8H3,(H,47,50,51). The number of methoxy groups -OCH3 is 3. The van der Waals surface area contributed by atoms with E-state index in [1.165, 1.54) is 10.8 Å². The number of aryl methyl sites for hydroxylation is 1. The molecule has 16 heteroatoms. The average molecular weight is 882 g/mol. The summed E-state index contributed by atoms with van der Waals surface area (Å²) >= 11 is 0. The second-order valence-electron chi connectivity index (χ2n) is 15.3. The molecule has 1 aliphatic rings. The van der Waals surface area contributed by atoms with Crippen LogP contribution in [0.3, 0.4) is 0 Å². The molecule has 5 rings (SSSR count). The van der Waals surface area contributed by atoms with Crippen molar-refractivity contribution >= 4 is 8.53 Å². The van der Waals surface area contributed by atoms with E-state index in [9.17, 15) is 9.59 Å². The zero-order chi connectivity index (χ0) is 44.5. The molecule has 340 valence electrons. The van der Waals surface area contributed by atoms with Crippen LogP contribution in [0.1, 0.15) is 62.6 Å². The number of rotatable bonds is 27. The van der Waals surface area contributed by atoms with Crippen LogP contribution in [0, 0.1) is 6.92 Å². The molecule has 2 heterocycles. The lowest BCUT2D eigenvalue weighted by molar-refractivity contribution is -0.0927. The summed E-state index contributed by atoms with van der Waals surface area (Å²) in [5.41, 5.74) is 0.795. The lowest BCUT2D eigenvalue weighted by atomic mass is 9.80. The van der Waals surface area contributed by atoms with Crippen molar-refractivity contribution in [2.75, 3.05) is 80.8 Å². The largest absolute Gasteiger partial charge is 0.497 e. The lowest BCUT2D eigenvalue weighted by Gasteiger charge is -2.39. The summed E-state index contributed by atoms with van der Waals surface area (Å²) in [4.78, 5) is 28.1. The third kappa shape index (κ3) is 13.0. The van der Waals surface area contributed by atoms with Gasteiger partial charge in [-0.2, -0.15) is 0 Å². The molecule has 15 nitrogen and oxygen atoms in total. The molecule has 1 N–H and O–H groups in total. The molecule has 0 spiro atoms. The highest BCUT2D eigenvalue weighted by molar-refractivity contribution is 7.44. The molecule has 1 saturated heterocycles. The highest BCUT2D eigenvalue weighted by Crippen LogP contribution is 2.50. The SMILES string of the molecule is COCCOCCOCCOCCOP(OC1CC(n2cc(C)c(=O)[nH]c2=O)OC1COC(c1ccccc1)(c1ccc(OC)cc1)c1ccc(OC)cc1)N(C(C)C)C(C)C. The van der Waals surface area contributed by atoms with E-state index in [2.05, 4.69) is 37.3 Å². The molecule has 3 aromatic carbocycles. The van der Waals surface area contributed by atoms with Crippen LogP contribution in [0.25, 0.3) is 0 Å². The summed E-state index contributed by atoms with van der Waals surface area (Å²) in [6.07, 6.45) is -0.274. The minimum Gasteiger partial charge on any atom is -0.497 e. The maximum absolute atomic E-state index is 13.3. The summed E-state index contributed by atoms with van der Waals surface area (Å²) < 4.78 is 64.3. The zero-order valence-corrected chi connectivity index (χ0v) is 38.2. The van der Waals surface area contributed by atoms with E-state index in [0.717, 1.165) is 16.7 Å². The highest BCUT2D eigenvalue weighted by atomic mass is 31.2. The van der Waals surface area contributed by atoms with Crippen molar-refractivity contribution in [1.82, 2.24) is 14.2 Å². The molecule has 4 atom stereocenters. The van der Waals surface area contributed by atoms with Crippen LogP contribution in [0.5, 0.6) is 11.5 Å². The number of aromatic nitrogens is 2. The van der Waals surface area contributed by atoms with Gasteiger partial charge in [-0.1, -0.05) is 54.6 Å². The predicted octanol–water partition coefficient (Wildman–Crippen LogP) is 6.60. The van der Waals surface area contributed by atoms with E-state index < -0.39 is 43.8 Å². The first-order valence-electron chi connectivity index (χ1n) is 21.1. The van der Waals surface area contributed by atoms with E-state index in [0.29, 0.717) is 63.3 Å². The van der Waals surface area contributed by atoms with Gasteiger partial charge in [-0.3, -0.25) is 14.3 Å². The van der Waals surface area contributed by atoms with E-state index in [1.807, 2.05) is 78.9 Å². The summed E-state index contributed by atoms with van der Waals surface area (Å²) in [5.74, 6) is 1.41. The minimum absolute atomic E-state index is 0.0399. The number of H-pyrrole nitrogens is 1. The fourth-order valence-corrected chi connectivity index (χ4v) is 9.05. The van der Waals surface area contributed by atoms with Crippen LogP contribution >= 0.6 is 8.53 Å². The lowest BCUT2D eigenvalue weighted by Crippen LogP contribution is -2.39. The first-order valence-corrected chi connectivity index (χ1v) is 22.2. The van der Waals surface area contributed by atoms with E-state index >= 15 is 0 Å². The molecule has 4 unspecified atom stereocenters. The van der Waals surface area contributed by atoms with Crippen molar-refractivity contribution in [2.45, 2.75) is 77.2 Å². The summed E-state index contributed by atoms with van der Waals surface area (Å²) in [6, 6.07) is 25.7. The molecule has 1 fully saturated rings. The minimum atomic E-state index is -1.68. The van der Waals surface area contributed by atoms with Gasteiger partial charge < -0.3 is 46.9 Å². The van der Waals surface area contributed by atoms with E-state index in [1.54, 1.807) is 28.3 Å². The van der Waals surface area contributed by atoms with E-state index in [-0.39, 0.29) is 31.7 Å². The average Bonchev–Trinajstić information content (AvgIpc) is 3.67. The molecule has 0 aliphatic carbocycles. The van der Waals surface area contributed by atoms with Gasteiger partial charge in [0.2, 0.25) is 0 Å². The molecular formula is C46H64N3O12P. The van der Waals surface area contributed by atoms with Gasteiger partial charge in [-0.05, 0) is 75.6 Å². The molecule has 1 aromatic heterocycles. The number of benzene rings is 3. The van der Waals surface area contributed by atoms with Crippen molar-refractivity contribution < 1.29 is 46.9 Å². The Morgan fingerprint density at radius 1 is 0.742 bits per heavy atom. The van der Waals surface area contributed by atoms with Crippen LogP contribution < -0.4 is 20.7 Å². The smallest absolute Gasteiger partial charge is 0.330 e. The number of nitrogens with zero attached hydrogens (tertiary/aromatic N) is 2. The number of hydrogen-bond donors (Lipinski definition) is 1. The van der Waals surface area contributed by atoms with Crippen molar-refractivity contribution in [3.63, 3.8) is 0 Å². The Morgan fingerprint density at radius 3 is 1.77 bits per heavy atom. The van der Waals surface area contributed by atoms with Crippen molar-refractivity contribution in [3.8, 4) is 11.5 Å². The molecule has 0 bridgehead atoms. The Morgan fingerprint density at radius 2 is 1.26 bits per heavy atom. The summed E-state index contributed by atoms with van der Waals surface area (Å²) in [5, 5.41) is 0. The third-order valence-electron chi connectivity index (χ3n) is 10.4. The normalized spacial score (nSPS) is 17.3. The Bertz CT molecular complexity index is 1960. The van der Waals surface area contributed by atoms with Gasteiger partial charge >= 0.3 is 5.69 Å². The van der Waals surface area contributed by atoms with Gasteiger partial charge in [-0.15, -0.1) is 0 Å². The molecule has 62 heavy (non-hydrogen) atoms. The Hall–Kier alpha value is -3.99. The van der Waals surface area contributed by atoms with Crippen LogP contribution in [0.4, 0.5) is 0 Å². The van der Waals surface area contributed by atoms with Crippen molar-refractivity contribution in [1.29, 1.82) is 0 Å². The maximum Gasteiger partial charge on any atom is 0.330 e. The van der Waals surface area contributed by atoms with Crippen molar-refractivity contribution in [2.24, 2.45) is 0 Å². The molecule has 4 aromatic rings. The Labute approximate surface area is 366 Å². The molecule has 0 saturated carbocycles. The monoisotopic (exact) mass is 881 g/mol.